The molecule has 1 aliphatic rings. The minimum absolute atomic E-state index is 0.119. The van der Waals surface area contributed by atoms with Gasteiger partial charge in [0, 0.05) is 51.9 Å². The zero-order valence-corrected chi connectivity index (χ0v) is 25.1. The van der Waals surface area contributed by atoms with E-state index in [1.165, 1.54) is 44.3 Å². The summed E-state index contributed by atoms with van der Waals surface area (Å²) in [5, 5.41) is 4.50. The predicted octanol–water partition coefficient (Wildman–Crippen LogP) is 10.6. The van der Waals surface area contributed by atoms with Gasteiger partial charge in [-0.25, -0.2) is 0 Å². The third kappa shape index (κ3) is 4.01. The van der Waals surface area contributed by atoms with Crippen molar-refractivity contribution in [3.63, 3.8) is 0 Å². The van der Waals surface area contributed by atoms with Gasteiger partial charge in [0.15, 0.2) is 0 Å². The third-order valence-corrected chi connectivity index (χ3v) is 9.55. The van der Waals surface area contributed by atoms with Crippen LogP contribution < -0.4 is 0 Å². The summed E-state index contributed by atoms with van der Waals surface area (Å²) in [7, 11) is 0. The molecule has 0 saturated heterocycles. The van der Waals surface area contributed by atoms with E-state index in [-0.39, 0.29) is 5.41 Å². The summed E-state index contributed by atoms with van der Waals surface area (Å²) in [6, 6.07) is 41.9. The quantitative estimate of drug-likeness (QED) is 0.197. The Kier molecular flexibility index (Phi) is 5.54. The number of rotatable bonds is 3. The summed E-state index contributed by atoms with van der Waals surface area (Å²) in [5.41, 5.74) is 14.2. The lowest BCUT2D eigenvalue weighted by Crippen LogP contribution is -2.16. The van der Waals surface area contributed by atoms with Gasteiger partial charge in [-0.15, -0.1) is 0 Å². The molecule has 212 valence electrons. The first kappa shape index (κ1) is 25.8. The second kappa shape index (κ2) is 9.67. The van der Waals surface area contributed by atoms with E-state index in [4.69, 9.17) is 4.98 Å². The Morgan fingerprint density at radius 1 is 0.444 bits per heavy atom. The van der Waals surface area contributed by atoms with Gasteiger partial charge in [0.1, 0.15) is 0 Å². The van der Waals surface area contributed by atoms with Gasteiger partial charge in [-0.3, -0.25) is 15.0 Å². The van der Waals surface area contributed by atoms with Crippen molar-refractivity contribution >= 4 is 32.6 Å². The lowest BCUT2D eigenvalue weighted by Gasteiger charge is -2.25. The summed E-state index contributed by atoms with van der Waals surface area (Å²) in [6.07, 6.45) is 7.63. The molecule has 0 N–H and O–H groups in total. The molecule has 0 saturated carbocycles. The van der Waals surface area contributed by atoms with Crippen molar-refractivity contribution in [3.05, 3.63) is 151 Å². The molecule has 8 aromatic rings. The number of benzene rings is 5. The Morgan fingerprint density at radius 2 is 1.18 bits per heavy atom. The summed E-state index contributed by atoms with van der Waals surface area (Å²) in [4.78, 5) is 14.0. The fraction of sp³-hybridized carbons (Fsp3) is 0.0714. The minimum Gasteiger partial charge on any atom is -0.264 e. The fourth-order valence-corrected chi connectivity index (χ4v) is 7.36. The van der Waals surface area contributed by atoms with Crippen LogP contribution in [0.4, 0.5) is 0 Å². The Bertz CT molecular complexity index is 2470. The van der Waals surface area contributed by atoms with E-state index >= 15 is 0 Å². The van der Waals surface area contributed by atoms with Gasteiger partial charge in [-0.2, -0.15) is 0 Å². The molecule has 3 heterocycles. The first-order valence-corrected chi connectivity index (χ1v) is 15.4. The van der Waals surface area contributed by atoms with Gasteiger partial charge in [0.2, 0.25) is 0 Å². The zero-order valence-electron chi connectivity index (χ0n) is 25.1. The maximum atomic E-state index is 4.97. The van der Waals surface area contributed by atoms with Crippen molar-refractivity contribution in [1.29, 1.82) is 0 Å². The smallest absolute Gasteiger partial charge is 0.0964 e. The molecule has 0 bridgehead atoms. The van der Waals surface area contributed by atoms with Crippen LogP contribution in [0.15, 0.2) is 140 Å². The van der Waals surface area contributed by atoms with E-state index in [0.29, 0.717) is 0 Å². The lowest BCUT2D eigenvalue weighted by molar-refractivity contribution is 0.662. The van der Waals surface area contributed by atoms with Crippen LogP contribution in [0.2, 0.25) is 0 Å². The number of nitrogens with zero attached hydrogens (tertiary/aromatic N) is 3. The van der Waals surface area contributed by atoms with Gasteiger partial charge in [-0.1, -0.05) is 86.6 Å². The van der Waals surface area contributed by atoms with Crippen LogP contribution in [0, 0.1) is 0 Å². The average Bonchev–Trinajstić information content (AvgIpc) is 3.34. The van der Waals surface area contributed by atoms with Crippen molar-refractivity contribution in [3.8, 4) is 44.5 Å². The second-order valence-electron chi connectivity index (χ2n) is 12.6. The van der Waals surface area contributed by atoms with Crippen LogP contribution >= 0.6 is 0 Å². The number of fused-ring (bicyclic) bond motifs is 7. The molecule has 3 aromatic heterocycles. The standard InChI is InChI=1S/C42H29N3/c1-42(2)38-11-4-3-8-36(38)37-10-5-9-35(39(37)42)32-22-30(28-14-12-26-16-18-43-24-33(26)19-28)21-31(23-32)34-20-29-15-13-27-7-6-17-44-40(27)41(29)45-25-34/h3-25H,1-2H3. The molecule has 45 heavy (non-hydrogen) atoms. The molecule has 0 aliphatic heterocycles. The molecule has 0 unspecified atom stereocenters. The number of pyridine rings is 3. The van der Waals surface area contributed by atoms with E-state index in [0.717, 1.165) is 43.9 Å². The number of hydrogen-bond acceptors (Lipinski definition) is 3. The normalized spacial score (nSPS) is 13.3. The molecule has 3 nitrogen and oxygen atoms in total. The fourth-order valence-electron chi connectivity index (χ4n) is 7.36. The highest BCUT2D eigenvalue weighted by Crippen LogP contribution is 2.52. The molecular formula is C42H29N3. The lowest BCUT2D eigenvalue weighted by atomic mass is 9.78. The number of hydrogen-bond donors (Lipinski definition) is 0. The van der Waals surface area contributed by atoms with Crippen molar-refractivity contribution in [2.24, 2.45) is 0 Å². The van der Waals surface area contributed by atoms with E-state index < -0.39 is 0 Å². The van der Waals surface area contributed by atoms with Crippen molar-refractivity contribution in [2.45, 2.75) is 19.3 Å². The summed E-state index contributed by atoms with van der Waals surface area (Å²) >= 11 is 0. The van der Waals surface area contributed by atoms with Gasteiger partial charge in [0.25, 0.3) is 0 Å². The minimum atomic E-state index is -0.119. The van der Waals surface area contributed by atoms with Crippen LogP contribution in [0.5, 0.6) is 0 Å². The first-order chi connectivity index (χ1) is 22.0. The van der Waals surface area contributed by atoms with Gasteiger partial charge < -0.3 is 0 Å². The highest BCUT2D eigenvalue weighted by Gasteiger charge is 2.37. The molecule has 9 rings (SSSR count). The molecule has 0 atom stereocenters. The Balaban J connectivity index is 1.28. The highest BCUT2D eigenvalue weighted by molar-refractivity contribution is 6.04. The highest BCUT2D eigenvalue weighted by atomic mass is 14.7. The van der Waals surface area contributed by atoms with E-state index in [2.05, 4.69) is 133 Å². The van der Waals surface area contributed by atoms with Crippen LogP contribution in [0.1, 0.15) is 25.0 Å². The Hall–Kier alpha value is -5.67. The summed E-state index contributed by atoms with van der Waals surface area (Å²) < 4.78 is 0. The van der Waals surface area contributed by atoms with Crippen molar-refractivity contribution in [1.82, 2.24) is 15.0 Å². The maximum Gasteiger partial charge on any atom is 0.0964 e. The average molecular weight is 576 g/mol. The molecule has 5 aromatic carbocycles. The largest absolute Gasteiger partial charge is 0.264 e. The first-order valence-electron chi connectivity index (χ1n) is 15.4. The predicted molar refractivity (Wildman–Crippen MR) is 186 cm³/mol. The van der Waals surface area contributed by atoms with Crippen molar-refractivity contribution in [2.75, 3.05) is 0 Å². The summed E-state index contributed by atoms with van der Waals surface area (Å²) in [5.74, 6) is 0. The van der Waals surface area contributed by atoms with Crippen LogP contribution in [0.25, 0.3) is 77.1 Å². The van der Waals surface area contributed by atoms with Crippen LogP contribution in [-0.4, -0.2) is 15.0 Å². The molecule has 0 fully saturated rings. The van der Waals surface area contributed by atoms with Crippen molar-refractivity contribution < 1.29 is 0 Å². The van der Waals surface area contributed by atoms with Gasteiger partial charge in [-0.05, 0) is 97.9 Å². The molecule has 3 heteroatoms. The summed E-state index contributed by atoms with van der Waals surface area (Å²) in [6.45, 7) is 4.71. The van der Waals surface area contributed by atoms with E-state index in [9.17, 15) is 0 Å². The molecule has 0 amide bonds. The molecule has 0 radical (unpaired) electrons. The zero-order chi connectivity index (χ0) is 30.1. The molecule has 0 spiro atoms. The Labute approximate surface area is 261 Å². The Morgan fingerprint density at radius 3 is 2.11 bits per heavy atom. The van der Waals surface area contributed by atoms with Crippen LogP contribution in [-0.2, 0) is 5.41 Å². The monoisotopic (exact) mass is 575 g/mol. The van der Waals surface area contributed by atoms with E-state index in [1.807, 2.05) is 30.9 Å². The number of aromatic nitrogens is 3. The SMILES string of the molecule is CC1(C)c2ccccc2-c2cccc(-c3cc(-c4ccc5ccncc5c4)cc(-c4cnc5c(ccc6cccnc65)c4)c3)c21. The van der Waals surface area contributed by atoms with Gasteiger partial charge >= 0.3 is 0 Å². The van der Waals surface area contributed by atoms with Gasteiger partial charge in [0.05, 0.1) is 11.0 Å². The topological polar surface area (TPSA) is 38.7 Å². The van der Waals surface area contributed by atoms with Crippen LogP contribution in [0.3, 0.4) is 0 Å². The second-order valence-corrected chi connectivity index (χ2v) is 12.6. The van der Waals surface area contributed by atoms with E-state index in [1.54, 1.807) is 0 Å². The maximum absolute atomic E-state index is 4.97. The third-order valence-electron chi connectivity index (χ3n) is 9.55. The molecular weight excluding hydrogens is 546 g/mol. The molecule has 1 aliphatic carbocycles.